The Bertz CT molecular complexity index is 744. The van der Waals surface area contributed by atoms with Crippen molar-refractivity contribution in [3.8, 4) is 11.1 Å². The summed E-state index contributed by atoms with van der Waals surface area (Å²) in [5.74, 6) is -0.283. The van der Waals surface area contributed by atoms with E-state index >= 15 is 0 Å². The first kappa shape index (κ1) is 12.5. The summed E-state index contributed by atoms with van der Waals surface area (Å²) in [6.45, 7) is 2.19. The fraction of sp³-hybridized carbons (Fsp3) is 0.118. The summed E-state index contributed by atoms with van der Waals surface area (Å²) in [6.07, 6.45) is 1.97. The van der Waals surface area contributed by atoms with Crippen molar-refractivity contribution in [2.45, 2.75) is 6.92 Å². The summed E-state index contributed by atoms with van der Waals surface area (Å²) >= 11 is 0. The van der Waals surface area contributed by atoms with Gasteiger partial charge in [-0.1, -0.05) is 30.3 Å². The van der Waals surface area contributed by atoms with E-state index in [0.29, 0.717) is 12.2 Å². The van der Waals surface area contributed by atoms with Crippen LogP contribution in [-0.4, -0.2) is 17.6 Å². The van der Waals surface area contributed by atoms with Crippen molar-refractivity contribution in [1.29, 1.82) is 0 Å². The van der Waals surface area contributed by atoms with Gasteiger partial charge >= 0.3 is 5.97 Å². The maximum Gasteiger partial charge on any atom is 0.338 e. The fourth-order valence-electron chi connectivity index (χ4n) is 2.32. The molecule has 0 radical (unpaired) electrons. The zero-order valence-corrected chi connectivity index (χ0v) is 11.2. The highest BCUT2D eigenvalue weighted by Crippen LogP contribution is 2.29. The monoisotopic (exact) mass is 265 g/mol. The van der Waals surface area contributed by atoms with Crippen molar-refractivity contribution in [3.63, 3.8) is 0 Å². The minimum Gasteiger partial charge on any atom is -0.462 e. The number of aromatic nitrogens is 1. The Kier molecular flexibility index (Phi) is 3.25. The highest BCUT2D eigenvalue weighted by Gasteiger charge is 2.11. The number of H-pyrrole nitrogens is 1. The minimum absolute atomic E-state index is 0.283. The maximum absolute atomic E-state index is 11.8. The van der Waals surface area contributed by atoms with Gasteiger partial charge in [0.05, 0.1) is 12.2 Å². The van der Waals surface area contributed by atoms with Gasteiger partial charge in [-0.25, -0.2) is 4.79 Å². The zero-order valence-electron chi connectivity index (χ0n) is 11.2. The molecule has 1 heterocycles. The van der Waals surface area contributed by atoms with Crippen LogP contribution in [0.4, 0.5) is 0 Å². The normalized spacial score (nSPS) is 10.7. The fourth-order valence-corrected chi connectivity index (χ4v) is 2.32. The summed E-state index contributed by atoms with van der Waals surface area (Å²) in [6, 6.07) is 15.7. The number of carbonyl (C=O) groups is 1. The molecule has 0 unspecified atom stereocenters. The summed E-state index contributed by atoms with van der Waals surface area (Å²) < 4.78 is 5.05. The van der Waals surface area contributed by atoms with E-state index in [0.717, 1.165) is 22.0 Å². The summed E-state index contributed by atoms with van der Waals surface area (Å²) in [7, 11) is 0. The highest BCUT2D eigenvalue weighted by molar-refractivity contribution is 6.00. The van der Waals surface area contributed by atoms with E-state index < -0.39 is 0 Å². The van der Waals surface area contributed by atoms with Crippen LogP contribution in [0.2, 0.25) is 0 Å². The van der Waals surface area contributed by atoms with Crippen molar-refractivity contribution < 1.29 is 9.53 Å². The molecule has 3 nitrogen and oxygen atoms in total. The van der Waals surface area contributed by atoms with Crippen molar-refractivity contribution >= 4 is 16.9 Å². The second-order valence-corrected chi connectivity index (χ2v) is 4.55. The molecule has 0 amide bonds. The number of aromatic amines is 1. The highest BCUT2D eigenvalue weighted by atomic mass is 16.5. The van der Waals surface area contributed by atoms with Crippen molar-refractivity contribution in [2.24, 2.45) is 0 Å². The topological polar surface area (TPSA) is 42.1 Å². The summed E-state index contributed by atoms with van der Waals surface area (Å²) in [4.78, 5) is 15.1. The molecule has 2 aromatic carbocycles. The molecule has 0 saturated carbocycles. The van der Waals surface area contributed by atoms with Gasteiger partial charge in [0.1, 0.15) is 0 Å². The number of hydrogen-bond donors (Lipinski definition) is 1. The molecular weight excluding hydrogens is 250 g/mol. The molecule has 3 heteroatoms. The molecular formula is C17H15NO2. The largest absolute Gasteiger partial charge is 0.462 e. The van der Waals surface area contributed by atoms with E-state index in [4.69, 9.17) is 4.74 Å². The van der Waals surface area contributed by atoms with Gasteiger partial charge in [-0.3, -0.25) is 0 Å². The zero-order chi connectivity index (χ0) is 13.9. The second kappa shape index (κ2) is 5.21. The van der Waals surface area contributed by atoms with Gasteiger partial charge in [-0.2, -0.15) is 0 Å². The van der Waals surface area contributed by atoms with E-state index in [9.17, 15) is 4.79 Å². The molecule has 0 fully saturated rings. The second-order valence-electron chi connectivity index (χ2n) is 4.55. The van der Waals surface area contributed by atoms with Gasteiger partial charge in [0.2, 0.25) is 0 Å². The number of ether oxygens (including phenoxy) is 1. The molecule has 0 aliphatic rings. The molecule has 0 saturated heterocycles. The van der Waals surface area contributed by atoms with Crippen LogP contribution in [0.5, 0.6) is 0 Å². The SMILES string of the molecule is CCOC(=O)c1ccc2[nH]cc(-c3ccccc3)c2c1. The third kappa shape index (κ3) is 2.18. The predicted molar refractivity (Wildman–Crippen MR) is 79.7 cm³/mol. The number of nitrogens with one attached hydrogen (secondary N) is 1. The minimum atomic E-state index is -0.283. The van der Waals surface area contributed by atoms with E-state index in [1.807, 2.05) is 43.5 Å². The average Bonchev–Trinajstić information content (AvgIpc) is 2.91. The van der Waals surface area contributed by atoms with Crippen LogP contribution >= 0.6 is 0 Å². The molecule has 100 valence electrons. The lowest BCUT2D eigenvalue weighted by molar-refractivity contribution is 0.0526. The quantitative estimate of drug-likeness (QED) is 0.727. The van der Waals surface area contributed by atoms with Gasteiger partial charge in [-0.15, -0.1) is 0 Å². The van der Waals surface area contributed by atoms with E-state index in [1.165, 1.54) is 0 Å². The molecule has 0 spiro atoms. The summed E-state index contributed by atoms with van der Waals surface area (Å²) in [5, 5.41) is 1.03. The van der Waals surface area contributed by atoms with Crippen LogP contribution in [0.1, 0.15) is 17.3 Å². The number of rotatable bonds is 3. The Balaban J connectivity index is 2.11. The Labute approximate surface area is 117 Å². The number of fused-ring (bicyclic) bond motifs is 1. The van der Waals surface area contributed by atoms with Gasteiger partial charge in [0.15, 0.2) is 0 Å². The summed E-state index contributed by atoms with van der Waals surface area (Å²) in [5.41, 5.74) is 3.81. The number of hydrogen-bond acceptors (Lipinski definition) is 2. The molecule has 0 aliphatic heterocycles. The predicted octanol–water partition coefficient (Wildman–Crippen LogP) is 4.01. The number of benzene rings is 2. The molecule has 3 rings (SSSR count). The Morgan fingerprint density at radius 2 is 1.95 bits per heavy atom. The lowest BCUT2D eigenvalue weighted by Gasteiger charge is -2.03. The third-order valence-electron chi connectivity index (χ3n) is 3.28. The van der Waals surface area contributed by atoms with Crippen LogP contribution in [0.25, 0.3) is 22.0 Å². The first-order valence-electron chi connectivity index (χ1n) is 6.63. The van der Waals surface area contributed by atoms with Gasteiger partial charge in [-0.05, 0) is 30.7 Å². The van der Waals surface area contributed by atoms with Crippen LogP contribution in [0.3, 0.4) is 0 Å². The van der Waals surface area contributed by atoms with Crippen molar-refractivity contribution in [2.75, 3.05) is 6.61 Å². The van der Waals surface area contributed by atoms with Crippen LogP contribution < -0.4 is 0 Å². The lowest BCUT2D eigenvalue weighted by atomic mass is 10.0. The van der Waals surface area contributed by atoms with Gasteiger partial charge in [0.25, 0.3) is 0 Å². The molecule has 1 aromatic heterocycles. The number of carbonyl (C=O) groups excluding carboxylic acids is 1. The Morgan fingerprint density at radius 1 is 1.15 bits per heavy atom. The third-order valence-corrected chi connectivity index (χ3v) is 3.28. The molecule has 0 bridgehead atoms. The lowest BCUT2D eigenvalue weighted by Crippen LogP contribution is -2.04. The molecule has 20 heavy (non-hydrogen) atoms. The maximum atomic E-state index is 11.8. The molecule has 0 atom stereocenters. The Hall–Kier alpha value is -2.55. The van der Waals surface area contributed by atoms with Gasteiger partial charge < -0.3 is 9.72 Å². The van der Waals surface area contributed by atoms with Crippen LogP contribution in [0.15, 0.2) is 54.7 Å². The standard InChI is InChI=1S/C17H15NO2/c1-2-20-17(19)13-8-9-16-14(10-13)15(11-18-16)12-6-4-3-5-7-12/h3-11,18H,2H2,1H3. The molecule has 3 aromatic rings. The van der Waals surface area contributed by atoms with E-state index in [-0.39, 0.29) is 5.97 Å². The Morgan fingerprint density at radius 3 is 2.70 bits per heavy atom. The first-order chi connectivity index (χ1) is 9.79. The van der Waals surface area contributed by atoms with Crippen molar-refractivity contribution in [3.05, 3.63) is 60.3 Å². The number of esters is 1. The smallest absolute Gasteiger partial charge is 0.338 e. The van der Waals surface area contributed by atoms with Crippen LogP contribution in [0, 0.1) is 0 Å². The van der Waals surface area contributed by atoms with E-state index in [1.54, 1.807) is 6.07 Å². The van der Waals surface area contributed by atoms with Crippen LogP contribution in [-0.2, 0) is 4.74 Å². The first-order valence-corrected chi connectivity index (χ1v) is 6.63. The molecule has 1 N–H and O–H groups in total. The van der Waals surface area contributed by atoms with E-state index in [2.05, 4.69) is 17.1 Å². The van der Waals surface area contributed by atoms with Gasteiger partial charge in [0, 0.05) is 22.7 Å². The molecule has 0 aliphatic carbocycles. The average molecular weight is 265 g/mol. The van der Waals surface area contributed by atoms with Crippen molar-refractivity contribution in [1.82, 2.24) is 4.98 Å².